The SMILES string of the molecule is C.C.C.C.C.[2H]OCC(CCCCCSSC([CH2-])(C)C)COP(OCC[N+]#[C-])N(C(C)C)C(C)C.[3H]C.[CH2-]COc1ccc2c(c1)CCC1C2CCC2(C)C(OCCCOC(C(F)(F)F)(C(F)(F)F)C(F)(F)F)CCC12.[U+2]. The molecule has 2 saturated carbocycles. The Morgan fingerprint density at radius 2 is 1.51 bits per heavy atom. The maximum absolute atomic E-state index is 13.0. The van der Waals surface area contributed by atoms with Crippen molar-refractivity contribution in [2.75, 3.05) is 51.9 Å². The maximum Gasteiger partial charge on any atom is 2.00 e. The van der Waals surface area contributed by atoms with Crippen molar-refractivity contribution < 1.29 is 100 Å². The molecule has 0 spiro atoms. The molecule has 8 nitrogen and oxygen atoms in total. The summed E-state index contributed by atoms with van der Waals surface area (Å²) < 4.78 is 160. The van der Waals surface area contributed by atoms with Gasteiger partial charge in [-0.2, -0.15) is 39.5 Å². The zero-order chi connectivity index (χ0) is 53.8. The van der Waals surface area contributed by atoms with E-state index >= 15 is 0 Å². The summed E-state index contributed by atoms with van der Waals surface area (Å²) in [6.07, 6.45) is -11.4. The number of halogens is 9. The smallest absolute Gasteiger partial charge is 0.525 e. The Morgan fingerprint density at radius 1 is 0.893 bits per heavy atom. The Bertz CT molecular complexity index is 1680. The van der Waals surface area contributed by atoms with Crippen molar-refractivity contribution in [2.24, 2.45) is 23.2 Å². The van der Waals surface area contributed by atoms with E-state index in [2.05, 4.69) is 88.7 Å². The molecule has 4 rings (SSSR count). The van der Waals surface area contributed by atoms with Crippen molar-refractivity contribution in [1.29, 1.82) is 1.43 Å². The molecular weight excluding hydrogens is 1280 g/mol. The van der Waals surface area contributed by atoms with Gasteiger partial charge in [0.05, 0.1) is 19.3 Å². The third kappa shape index (κ3) is 23.7. The topological polar surface area (TPSA) is 74.0 Å². The van der Waals surface area contributed by atoms with Gasteiger partial charge in [0.25, 0.3) is 8.53 Å². The summed E-state index contributed by atoms with van der Waals surface area (Å²) in [4.78, 5) is 3.38. The molecule has 2 fully saturated rings. The van der Waals surface area contributed by atoms with Crippen LogP contribution in [-0.4, -0.2) is 110 Å². The van der Waals surface area contributed by atoms with Gasteiger partial charge >= 0.3 is 55.2 Å². The van der Waals surface area contributed by atoms with Crippen LogP contribution in [0.2, 0.25) is 0 Å². The molecule has 0 saturated heterocycles. The van der Waals surface area contributed by atoms with Crippen molar-refractivity contribution in [1.82, 2.24) is 4.67 Å². The van der Waals surface area contributed by atoms with Gasteiger partial charge in [0.15, 0.2) is 0 Å². The molecule has 1 aromatic carbocycles. The first kappa shape index (κ1) is 79.0. The minimum absolute atomic E-state index is 0. The van der Waals surface area contributed by atoms with Crippen LogP contribution < -0.4 is 4.74 Å². The van der Waals surface area contributed by atoms with Gasteiger partial charge in [-0.3, -0.25) is 0 Å². The first-order valence-electron chi connectivity index (χ1n) is 25.0. The van der Waals surface area contributed by atoms with E-state index in [4.69, 9.17) is 33.0 Å². The zero-order valence-electron chi connectivity index (χ0n) is 44.1. The molecule has 3 aliphatic rings. The minimum Gasteiger partial charge on any atom is -0.525 e. The predicted octanol–water partition coefficient (Wildman–Crippen LogP) is 18.2. The van der Waals surface area contributed by atoms with Gasteiger partial charge in [0, 0.05) is 38.3 Å². The van der Waals surface area contributed by atoms with Crippen LogP contribution in [0.3, 0.4) is 0 Å². The monoisotopic (exact) mass is 1380 g/mol. The van der Waals surface area contributed by atoms with Gasteiger partial charge in [-0.15, -0.1) is 15.5 Å². The van der Waals surface area contributed by atoms with E-state index in [9.17, 15) is 39.5 Å². The first-order valence-corrected chi connectivity index (χ1v) is 27.1. The van der Waals surface area contributed by atoms with E-state index in [0.717, 1.165) is 56.4 Å². The molecule has 0 amide bonds. The Balaban J connectivity index is -0.000000417. The second-order valence-corrected chi connectivity index (χ2v) is 23.9. The van der Waals surface area contributed by atoms with E-state index in [-0.39, 0.29) is 109 Å². The average molecular weight is 1380 g/mol. The number of unbranched alkanes of at least 4 members (excludes halogenated alkanes) is 2. The zero-order valence-corrected chi connectivity index (χ0v) is 48.8. The van der Waals surface area contributed by atoms with E-state index < -0.39 is 45.7 Å². The van der Waals surface area contributed by atoms with Crippen molar-refractivity contribution in [3.8, 4) is 5.75 Å². The second kappa shape index (κ2) is 37.8. The molecule has 0 heterocycles. The van der Waals surface area contributed by atoms with Crippen molar-refractivity contribution >= 4 is 30.1 Å². The summed E-state index contributed by atoms with van der Waals surface area (Å²) in [5.74, 6) is 3.23. The minimum atomic E-state index is -6.73. The number of nitrogens with zero attached hydrogens (tertiary/aromatic N) is 2. The fraction of sp³-hybridized carbons (Fsp3) is 0.833. The Kier molecular flexibility index (Phi) is 39.8. The summed E-state index contributed by atoms with van der Waals surface area (Å²) in [5.41, 5.74) is -3.89. The van der Waals surface area contributed by atoms with Crippen molar-refractivity contribution in [3.63, 3.8) is 0 Å². The van der Waals surface area contributed by atoms with Gasteiger partial charge in [-0.05, 0) is 139 Å². The van der Waals surface area contributed by atoms with E-state index in [1.165, 1.54) is 31.4 Å². The molecule has 21 heteroatoms. The van der Waals surface area contributed by atoms with Crippen LogP contribution in [0.4, 0.5) is 39.5 Å². The number of hydrogen-bond acceptors (Lipinski definition) is 9. The van der Waals surface area contributed by atoms with Crippen LogP contribution in [0, 0.1) is 74.7 Å². The van der Waals surface area contributed by atoms with Gasteiger partial charge in [-0.25, -0.2) is 11.2 Å². The van der Waals surface area contributed by atoms with Gasteiger partial charge in [0.1, 0.15) is 12.4 Å². The molecule has 1 aromatic rings. The third-order valence-electron chi connectivity index (χ3n) is 12.9. The molecule has 0 bridgehead atoms. The van der Waals surface area contributed by atoms with E-state index in [0.29, 0.717) is 57.1 Å². The number of aryl methyl sites for hydroxylation is 1. The number of fused-ring (bicyclic) bond motifs is 5. The van der Waals surface area contributed by atoms with Crippen LogP contribution in [0.15, 0.2) is 18.2 Å². The molecule has 75 heavy (non-hydrogen) atoms. The van der Waals surface area contributed by atoms with Crippen LogP contribution in [0.5, 0.6) is 5.75 Å². The van der Waals surface area contributed by atoms with E-state index in [1.807, 2.05) is 27.7 Å². The Labute approximate surface area is 485 Å². The molecular formula is C54H98F9N2O6PS2U. The van der Waals surface area contributed by atoms with Gasteiger partial charge < -0.3 is 47.1 Å². The third-order valence-corrected chi connectivity index (χ3v) is 18.2. The number of benzene rings is 1. The molecule has 0 radical (unpaired) electrons. The fourth-order valence-electron chi connectivity index (χ4n) is 9.89. The predicted molar refractivity (Wildman–Crippen MR) is 294 cm³/mol. The standard InChI is InChI=1S/C27H32F9O3.C21H42N2O3PS2.6CH4.U/c1-3-37-17-6-8-18-16(15-17)5-7-20-19(18)11-12-23(2)21(20)9-10-22(23)38-13-4-14-39-24(25(28,29)30,26(31,32)33)27(34,35)36;1-18(2)23(19(3)4)27(25-14-13-22-8)26-17-20(16-24)12-10-9-11-15-28-29-21(5,6)7;;;;;;;/h6,8,15,19-22H,1,3-5,7,9-14H2,2H3;18-20,24H,5,9-17H2,1-4,6-7H3;6*1H4;/q2*-1;;;;;;;+2/i;24D;1T;;;;;;. The molecule has 7 atom stereocenters. The largest absolute Gasteiger partial charge is 2.00 e. The normalized spacial score (nSPS) is 21.2. The Hall–Kier alpha value is -0.178. The molecule has 7 unspecified atom stereocenters. The van der Waals surface area contributed by atoms with Gasteiger partial charge in [-0.1, -0.05) is 95.0 Å². The van der Waals surface area contributed by atoms with Crippen molar-refractivity contribution in [3.05, 3.63) is 54.6 Å². The Morgan fingerprint density at radius 3 is 2.04 bits per heavy atom. The van der Waals surface area contributed by atoms with Crippen LogP contribution in [0.1, 0.15) is 176 Å². The number of ether oxygens (including phenoxy) is 3. The second-order valence-electron chi connectivity index (χ2n) is 19.3. The van der Waals surface area contributed by atoms with Crippen LogP contribution >= 0.6 is 30.1 Å². The summed E-state index contributed by atoms with van der Waals surface area (Å²) >= 11 is 0. The average Bonchev–Trinajstić information content (AvgIpc) is 3.60. The molecule has 3 aliphatic carbocycles. The maximum atomic E-state index is 13.0. The summed E-state index contributed by atoms with van der Waals surface area (Å²) in [6.45, 7) is 29.9. The van der Waals surface area contributed by atoms with Gasteiger partial charge in [0.2, 0.25) is 7.98 Å². The van der Waals surface area contributed by atoms with Crippen LogP contribution in [-0.2, 0) is 24.9 Å². The number of aliphatic hydroxyl groups is 1. The van der Waals surface area contributed by atoms with E-state index in [1.54, 1.807) is 0 Å². The molecule has 1 N–H and O–H groups in total. The number of rotatable bonds is 27. The summed E-state index contributed by atoms with van der Waals surface area (Å²) in [6, 6.07) is 6.71. The molecule has 444 valence electrons. The summed E-state index contributed by atoms with van der Waals surface area (Å²) in [7, 11) is 3.75. The molecule has 0 aliphatic heterocycles. The number of alkyl halides is 9. The van der Waals surface area contributed by atoms with Crippen LogP contribution in [0.25, 0.3) is 4.85 Å². The first-order chi connectivity index (χ1) is 33.2. The number of hydrogen-bond donors (Lipinski definition) is 1. The quantitative estimate of drug-likeness (QED) is 0.0305. The number of aliphatic hydroxyl groups excluding tert-OH is 1. The summed E-state index contributed by atoms with van der Waals surface area (Å²) in [5, 5.41) is 4.69. The fourth-order valence-corrected chi connectivity index (χ4v) is 13.9. The molecule has 0 aromatic heterocycles. The van der Waals surface area contributed by atoms with Crippen molar-refractivity contribution in [2.45, 2.75) is 217 Å².